The van der Waals surface area contributed by atoms with Crippen molar-refractivity contribution in [1.82, 2.24) is 4.57 Å². The molecule has 0 spiro atoms. The molecular weight excluding hydrogens is 263 g/mol. The van der Waals surface area contributed by atoms with E-state index < -0.39 is 11.7 Å². The van der Waals surface area contributed by atoms with Crippen LogP contribution in [-0.4, -0.2) is 10.8 Å². The molecule has 0 unspecified atom stereocenters. The number of fused-ring (bicyclic) bond motifs is 1. The van der Waals surface area contributed by atoms with E-state index in [0.29, 0.717) is 10.3 Å². The number of aromatic nitrogens is 1. The molecule has 96 valence electrons. The molecule has 18 heavy (non-hydrogen) atoms. The molecule has 0 bridgehead atoms. The van der Waals surface area contributed by atoms with Crippen molar-refractivity contribution in [1.29, 1.82) is 0 Å². The number of rotatable bonds is 1. The van der Waals surface area contributed by atoms with Crippen molar-refractivity contribution in [2.45, 2.75) is 11.1 Å². The van der Waals surface area contributed by atoms with Crippen LogP contribution in [0.3, 0.4) is 0 Å². The van der Waals surface area contributed by atoms with Gasteiger partial charge in [-0.15, -0.1) is 11.8 Å². The van der Waals surface area contributed by atoms with Gasteiger partial charge in [0.15, 0.2) is 0 Å². The van der Waals surface area contributed by atoms with Crippen LogP contribution in [0.1, 0.15) is 5.56 Å². The van der Waals surface area contributed by atoms with E-state index in [2.05, 4.69) is 0 Å². The van der Waals surface area contributed by atoms with Crippen molar-refractivity contribution in [3.8, 4) is 0 Å². The van der Waals surface area contributed by atoms with Gasteiger partial charge in [0.1, 0.15) is 0 Å². The highest BCUT2D eigenvalue weighted by Gasteiger charge is 2.30. The van der Waals surface area contributed by atoms with Gasteiger partial charge in [0.2, 0.25) is 5.43 Å². The Labute approximate surface area is 105 Å². The molecule has 1 aromatic heterocycles. The molecule has 2 nitrogen and oxygen atoms in total. The Morgan fingerprint density at radius 2 is 1.94 bits per heavy atom. The summed E-state index contributed by atoms with van der Waals surface area (Å²) in [5.74, 6) is 0. The molecular formula is C12H10F3NOS. The Kier molecular flexibility index (Phi) is 3.14. The molecule has 2 aromatic rings. The topological polar surface area (TPSA) is 22.0 Å². The maximum atomic E-state index is 12.6. The molecule has 0 atom stereocenters. The summed E-state index contributed by atoms with van der Waals surface area (Å²) in [6, 6.07) is 3.18. The number of hydrogen-bond donors (Lipinski definition) is 0. The lowest BCUT2D eigenvalue weighted by Crippen LogP contribution is -2.11. The number of thioether (sulfide) groups is 1. The molecule has 0 saturated carbocycles. The van der Waals surface area contributed by atoms with Crippen molar-refractivity contribution in [2.24, 2.45) is 7.05 Å². The average molecular weight is 273 g/mol. The molecule has 0 N–H and O–H groups in total. The van der Waals surface area contributed by atoms with Crippen molar-refractivity contribution >= 4 is 22.7 Å². The lowest BCUT2D eigenvalue weighted by molar-refractivity contribution is -0.137. The van der Waals surface area contributed by atoms with E-state index in [9.17, 15) is 18.0 Å². The van der Waals surface area contributed by atoms with Crippen LogP contribution in [0.25, 0.3) is 10.9 Å². The number of aryl methyl sites for hydroxylation is 1. The first-order valence-corrected chi connectivity index (χ1v) is 6.31. The van der Waals surface area contributed by atoms with Crippen LogP contribution in [0.2, 0.25) is 0 Å². The van der Waals surface area contributed by atoms with E-state index in [1.165, 1.54) is 22.4 Å². The van der Waals surface area contributed by atoms with E-state index in [-0.39, 0.29) is 10.9 Å². The van der Waals surface area contributed by atoms with Crippen LogP contribution >= 0.6 is 11.8 Å². The monoisotopic (exact) mass is 273 g/mol. The summed E-state index contributed by atoms with van der Waals surface area (Å²) in [6.45, 7) is 0. The molecule has 0 radical (unpaired) electrons. The fraction of sp³-hybridized carbons (Fsp3) is 0.250. The lowest BCUT2D eigenvalue weighted by Gasteiger charge is -2.11. The summed E-state index contributed by atoms with van der Waals surface area (Å²) < 4.78 is 39.3. The number of benzene rings is 1. The van der Waals surface area contributed by atoms with E-state index in [0.717, 1.165) is 12.1 Å². The highest BCUT2D eigenvalue weighted by molar-refractivity contribution is 7.98. The molecule has 0 aliphatic heterocycles. The van der Waals surface area contributed by atoms with Gasteiger partial charge in [0, 0.05) is 18.6 Å². The van der Waals surface area contributed by atoms with Gasteiger partial charge in [-0.05, 0) is 24.5 Å². The molecule has 6 heteroatoms. The van der Waals surface area contributed by atoms with E-state index in [1.54, 1.807) is 19.5 Å². The number of hydrogen-bond acceptors (Lipinski definition) is 2. The predicted octanol–water partition coefficient (Wildman–Crippen LogP) is 3.28. The van der Waals surface area contributed by atoms with Gasteiger partial charge >= 0.3 is 6.18 Å². The van der Waals surface area contributed by atoms with Gasteiger partial charge in [-0.25, -0.2) is 0 Å². The van der Waals surface area contributed by atoms with Gasteiger partial charge in [-0.3, -0.25) is 4.79 Å². The van der Waals surface area contributed by atoms with Crippen LogP contribution in [0.4, 0.5) is 13.2 Å². The zero-order chi connectivity index (χ0) is 13.5. The van der Waals surface area contributed by atoms with E-state index >= 15 is 0 Å². The standard InChI is InChI=1S/C12H10F3NOS/c1-16-6-10(18-2)11(17)8-4-3-7(5-9(8)16)12(13,14)15/h3-6H,1-2H3. The second-order valence-corrected chi connectivity index (χ2v) is 4.72. The summed E-state index contributed by atoms with van der Waals surface area (Å²) in [5.41, 5.74) is -0.696. The molecule has 2 rings (SSSR count). The molecule has 1 aromatic carbocycles. The highest BCUT2D eigenvalue weighted by atomic mass is 32.2. The van der Waals surface area contributed by atoms with Gasteiger partial charge in [0.05, 0.1) is 16.0 Å². The average Bonchev–Trinajstić information content (AvgIpc) is 2.32. The smallest absolute Gasteiger partial charge is 0.349 e. The summed E-state index contributed by atoms with van der Waals surface area (Å²) in [6.07, 6.45) is -1.09. The highest BCUT2D eigenvalue weighted by Crippen LogP contribution is 2.31. The predicted molar refractivity (Wildman–Crippen MR) is 66.0 cm³/mol. The maximum Gasteiger partial charge on any atom is 0.416 e. The largest absolute Gasteiger partial charge is 0.416 e. The Morgan fingerprint density at radius 3 is 2.50 bits per heavy atom. The first-order valence-electron chi connectivity index (χ1n) is 5.09. The minimum atomic E-state index is -4.40. The van der Waals surface area contributed by atoms with Crippen molar-refractivity contribution in [2.75, 3.05) is 6.26 Å². The van der Waals surface area contributed by atoms with Crippen LogP contribution in [0.5, 0.6) is 0 Å². The number of pyridine rings is 1. The molecule has 0 aliphatic rings. The Balaban J connectivity index is 2.81. The maximum absolute atomic E-state index is 12.6. The Bertz CT molecular complexity index is 661. The van der Waals surface area contributed by atoms with Gasteiger partial charge in [-0.1, -0.05) is 0 Å². The van der Waals surface area contributed by atoms with Gasteiger partial charge in [0.25, 0.3) is 0 Å². The molecule has 0 aliphatic carbocycles. The third-order valence-corrected chi connectivity index (χ3v) is 3.43. The minimum absolute atomic E-state index is 0.232. The van der Waals surface area contributed by atoms with Crippen LogP contribution in [0, 0.1) is 0 Å². The zero-order valence-electron chi connectivity index (χ0n) is 9.71. The molecule has 0 saturated heterocycles. The summed E-state index contributed by atoms with van der Waals surface area (Å²) in [7, 11) is 1.63. The van der Waals surface area contributed by atoms with E-state index in [4.69, 9.17) is 0 Å². The fourth-order valence-corrected chi connectivity index (χ4v) is 2.33. The van der Waals surface area contributed by atoms with Crippen molar-refractivity contribution in [3.05, 3.63) is 40.2 Å². The third kappa shape index (κ3) is 2.12. The lowest BCUT2D eigenvalue weighted by atomic mass is 10.1. The molecule has 0 fully saturated rings. The zero-order valence-corrected chi connectivity index (χ0v) is 10.5. The molecule has 1 heterocycles. The van der Waals surface area contributed by atoms with Crippen molar-refractivity contribution < 1.29 is 13.2 Å². The summed E-state index contributed by atoms with van der Waals surface area (Å²) in [5, 5.41) is 0.303. The first-order chi connectivity index (χ1) is 8.34. The Hall–Kier alpha value is -1.43. The summed E-state index contributed by atoms with van der Waals surface area (Å²) in [4.78, 5) is 12.5. The van der Waals surface area contributed by atoms with Crippen LogP contribution < -0.4 is 5.43 Å². The fourth-order valence-electron chi connectivity index (χ4n) is 1.77. The first kappa shape index (κ1) is 13.0. The second-order valence-electron chi connectivity index (χ2n) is 3.87. The van der Waals surface area contributed by atoms with Gasteiger partial charge in [-0.2, -0.15) is 13.2 Å². The normalized spacial score (nSPS) is 12.1. The third-order valence-electron chi connectivity index (χ3n) is 2.70. The second kappa shape index (κ2) is 4.35. The van der Waals surface area contributed by atoms with Crippen LogP contribution in [-0.2, 0) is 13.2 Å². The molecule has 0 amide bonds. The Morgan fingerprint density at radius 1 is 1.28 bits per heavy atom. The summed E-state index contributed by atoms with van der Waals surface area (Å²) >= 11 is 1.28. The van der Waals surface area contributed by atoms with Crippen LogP contribution in [0.15, 0.2) is 34.1 Å². The van der Waals surface area contributed by atoms with E-state index in [1.807, 2.05) is 0 Å². The van der Waals surface area contributed by atoms with Crippen molar-refractivity contribution in [3.63, 3.8) is 0 Å². The number of nitrogens with zero attached hydrogens (tertiary/aromatic N) is 1. The number of alkyl halides is 3. The minimum Gasteiger partial charge on any atom is -0.349 e. The van der Waals surface area contributed by atoms with Gasteiger partial charge < -0.3 is 4.57 Å². The quantitative estimate of drug-likeness (QED) is 0.744. The number of halogens is 3. The SMILES string of the molecule is CSc1cn(C)c2cc(C(F)(F)F)ccc2c1=O.